The predicted octanol–water partition coefficient (Wildman–Crippen LogP) is 19.3. The first-order valence-electron chi connectivity index (χ1n) is 30.5. The Morgan fingerprint density at radius 1 is 0.527 bits per heavy atom. The van der Waals surface area contributed by atoms with E-state index in [1.54, 1.807) is 0 Å². The number of fused-ring (bicyclic) bond motifs is 10. The van der Waals surface area contributed by atoms with Crippen LogP contribution < -0.4 is 9.64 Å². The Kier molecular flexibility index (Phi) is 8.67. The zero-order chi connectivity index (χ0) is 59.8. The number of anilines is 2. The van der Waals surface area contributed by atoms with Crippen LogP contribution in [0.5, 0.6) is 11.5 Å². The van der Waals surface area contributed by atoms with Crippen LogP contribution in [0.2, 0.25) is 0 Å². The second-order valence-corrected chi connectivity index (χ2v) is 22.2. The lowest BCUT2D eigenvalue weighted by Gasteiger charge is -2.27. The van der Waals surface area contributed by atoms with E-state index in [2.05, 4.69) is 126 Å². The average Bonchev–Trinajstić information content (AvgIpc) is 1.87. The highest BCUT2D eigenvalue weighted by Gasteiger charge is 2.29. The van der Waals surface area contributed by atoms with Gasteiger partial charge in [0.25, 0.3) is 0 Å². The molecule has 4 heterocycles. The molecule has 0 N–H and O–H groups in total. The molecule has 0 spiro atoms. The third-order valence-electron chi connectivity index (χ3n) is 14.9. The number of nitrogens with zero attached hydrogens (tertiary/aromatic N) is 4. The van der Waals surface area contributed by atoms with Crippen molar-refractivity contribution in [3.8, 4) is 28.4 Å². The molecule has 0 bridgehead atoms. The van der Waals surface area contributed by atoms with Gasteiger partial charge in [-0.3, -0.25) is 4.57 Å². The molecule has 0 atom stereocenters. The lowest BCUT2D eigenvalue weighted by atomic mass is 9.78. The maximum Gasteiger partial charge on any atom is 0.137 e. The van der Waals surface area contributed by atoms with Crippen LogP contribution in [0.15, 0.2) is 182 Å². The molecule has 0 unspecified atom stereocenters. The standard InChI is InChI=1S/C69H66N4O/c1-43(2)51-32-33-61-66-64(51)58-26-15-14-23-54(58)53-22-12-13-24-55(53)59-28-19-27-52(44-36-46(68(6,7)8)38-47(37-44)69(9,10)11)65(59)72(66)42-71(61)48-20-18-21-49(40-48)74-50-30-31-57-56-25-16-17-29-60(56)73(62(57)41-50)63-39-45(34-35-70-63)67(3,4)5/h12-41,43H,42H2,1-11H3/i6D3,7D3,8D3,43D. The van der Waals surface area contributed by atoms with Crippen molar-refractivity contribution < 1.29 is 18.4 Å². The van der Waals surface area contributed by atoms with E-state index in [0.29, 0.717) is 28.2 Å². The van der Waals surface area contributed by atoms with E-state index in [-0.39, 0.29) is 17.6 Å². The Labute approximate surface area is 450 Å². The largest absolute Gasteiger partial charge is 0.457 e. The minimum Gasteiger partial charge on any atom is -0.457 e. The molecule has 5 heteroatoms. The molecule has 3 aromatic heterocycles. The van der Waals surface area contributed by atoms with Gasteiger partial charge in [0.05, 0.1) is 27.8 Å². The van der Waals surface area contributed by atoms with Gasteiger partial charge in [0.1, 0.15) is 24.0 Å². The van der Waals surface area contributed by atoms with Gasteiger partial charge in [-0.05, 0) is 120 Å². The van der Waals surface area contributed by atoms with E-state index in [0.717, 1.165) is 87.9 Å². The van der Waals surface area contributed by atoms with Crippen LogP contribution in [0.3, 0.4) is 0 Å². The van der Waals surface area contributed by atoms with Gasteiger partial charge >= 0.3 is 0 Å². The molecular formula is C69H66N4O. The number of rotatable bonds is 6. The monoisotopic (exact) mass is 977 g/mol. The van der Waals surface area contributed by atoms with E-state index < -0.39 is 37.3 Å². The van der Waals surface area contributed by atoms with Gasteiger partial charge in [-0.15, -0.1) is 0 Å². The van der Waals surface area contributed by atoms with Crippen molar-refractivity contribution in [1.29, 1.82) is 0 Å². The first-order chi connectivity index (χ1) is 39.5. The number of aromatic nitrogens is 3. The predicted molar refractivity (Wildman–Crippen MR) is 315 cm³/mol. The van der Waals surface area contributed by atoms with Crippen LogP contribution in [0, 0.1) is 0 Å². The lowest BCUT2D eigenvalue weighted by Crippen LogP contribution is -2.17. The summed E-state index contributed by atoms with van der Waals surface area (Å²) in [5.74, 6) is 0.948. The van der Waals surface area contributed by atoms with Gasteiger partial charge in [0, 0.05) is 64.8 Å². The van der Waals surface area contributed by atoms with Gasteiger partial charge in [-0.25, -0.2) is 4.98 Å². The maximum atomic E-state index is 9.81. The molecule has 1 aliphatic rings. The van der Waals surface area contributed by atoms with Crippen LogP contribution in [0.25, 0.3) is 82.1 Å². The minimum atomic E-state index is -3.49. The number of benzene rings is 8. The molecule has 12 rings (SSSR count). The quantitative estimate of drug-likeness (QED) is 0.167. The van der Waals surface area contributed by atoms with E-state index in [1.807, 2.05) is 114 Å². The highest BCUT2D eigenvalue weighted by molar-refractivity contribution is 6.23. The van der Waals surface area contributed by atoms with Crippen molar-refractivity contribution in [1.82, 2.24) is 14.1 Å². The third kappa shape index (κ3) is 7.96. The van der Waals surface area contributed by atoms with Crippen molar-refractivity contribution in [3.63, 3.8) is 0 Å². The summed E-state index contributed by atoms with van der Waals surface area (Å²) in [6, 6.07) is 58.3. The number of para-hydroxylation sites is 2. The molecule has 0 saturated heterocycles. The third-order valence-corrected chi connectivity index (χ3v) is 14.9. The fourth-order valence-corrected chi connectivity index (χ4v) is 11.2. The molecule has 0 radical (unpaired) electrons. The smallest absolute Gasteiger partial charge is 0.137 e. The van der Waals surface area contributed by atoms with E-state index in [4.69, 9.17) is 22.1 Å². The Hall–Kier alpha value is -7.89. The van der Waals surface area contributed by atoms with E-state index >= 15 is 0 Å². The van der Waals surface area contributed by atoms with E-state index in [9.17, 15) is 1.37 Å². The molecule has 368 valence electrons. The van der Waals surface area contributed by atoms with Crippen molar-refractivity contribution in [2.24, 2.45) is 0 Å². The molecule has 5 nitrogen and oxygen atoms in total. The number of hydrogen-bond donors (Lipinski definition) is 0. The van der Waals surface area contributed by atoms with Crippen LogP contribution in [0.1, 0.15) is 118 Å². The average molecular weight is 977 g/mol. The normalized spacial score (nSPS) is 15.8. The van der Waals surface area contributed by atoms with E-state index in [1.165, 1.54) is 17.7 Å². The Morgan fingerprint density at radius 2 is 1.15 bits per heavy atom. The van der Waals surface area contributed by atoms with Crippen LogP contribution >= 0.6 is 0 Å². The van der Waals surface area contributed by atoms with Crippen molar-refractivity contribution in [2.45, 2.75) is 105 Å². The minimum absolute atomic E-state index is 0.0909. The maximum absolute atomic E-state index is 9.81. The topological polar surface area (TPSA) is 35.2 Å². The molecule has 11 aromatic rings. The molecule has 0 amide bonds. The van der Waals surface area contributed by atoms with Gasteiger partial charge in [0.15, 0.2) is 0 Å². The SMILES string of the molecule is [2H]C(C)(C)c1ccc2c3c1c1ccccc1c1ccccc1c1cccc(-c4cc(C(C)(C)C)cc(C(C([2H])([2H])[2H])(C([2H])([2H])[2H])C([2H])([2H])[2H])c4)c1n3CN2c1cccc(Oc2ccc3c4ccccc4n(-c4cc(C(C)(C)C)ccn4)c3c2)c1. The first-order valence-corrected chi connectivity index (χ1v) is 25.5. The highest BCUT2D eigenvalue weighted by Crippen LogP contribution is 2.48. The summed E-state index contributed by atoms with van der Waals surface area (Å²) in [6.45, 7) is 5.98. The zero-order valence-electron chi connectivity index (χ0n) is 53.2. The fraction of sp³-hybridized carbons (Fsp3) is 0.232. The van der Waals surface area contributed by atoms with Crippen LogP contribution in [0.4, 0.5) is 11.4 Å². The molecule has 0 saturated carbocycles. The zero-order valence-corrected chi connectivity index (χ0v) is 43.2. The number of pyridine rings is 1. The van der Waals surface area contributed by atoms with Gasteiger partial charge in [-0.2, -0.15) is 0 Å². The van der Waals surface area contributed by atoms with Crippen molar-refractivity contribution in [3.05, 3.63) is 204 Å². The first kappa shape index (κ1) is 36.9. The van der Waals surface area contributed by atoms with Crippen LogP contribution in [-0.2, 0) is 22.9 Å². The fourth-order valence-electron chi connectivity index (χ4n) is 11.2. The summed E-state index contributed by atoms with van der Waals surface area (Å²) in [6.07, 6.45) is 1.87. The summed E-state index contributed by atoms with van der Waals surface area (Å²) >= 11 is 0. The van der Waals surface area contributed by atoms with Gasteiger partial charge < -0.3 is 14.2 Å². The summed E-state index contributed by atoms with van der Waals surface area (Å²) in [5.41, 5.74) is 4.43. The Morgan fingerprint density at radius 3 is 1.86 bits per heavy atom. The molecule has 74 heavy (non-hydrogen) atoms. The molecule has 8 aromatic carbocycles. The lowest BCUT2D eigenvalue weighted by molar-refractivity contribution is 0.483. The Balaban J connectivity index is 1.13. The molecule has 0 fully saturated rings. The Bertz CT molecular complexity index is 4510. The molecule has 0 aliphatic carbocycles. The highest BCUT2D eigenvalue weighted by atomic mass is 16.5. The van der Waals surface area contributed by atoms with Gasteiger partial charge in [-0.1, -0.05) is 191 Å². The molecular weight excluding hydrogens is 901 g/mol. The second-order valence-electron chi connectivity index (χ2n) is 22.2. The summed E-state index contributed by atoms with van der Waals surface area (Å²) in [5, 5.41) is 7.60. The number of ether oxygens (including phenoxy) is 1. The van der Waals surface area contributed by atoms with Gasteiger partial charge in [0.2, 0.25) is 0 Å². The second kappa shape index (κ2) is 17.4. The summed E-state index contributed by atoms with van der Waals surface area (Å²) in [7, 11) is 0. The summed E-state index contributed by atoms with van der Waals surface area (Å²) in [4.78, 5) is 7.13. The molecule has 1 aliphatic heterocycles. The van der Waals surface area contributed by atoms with Crippen LogP contribution in [-0.4, -0.2) is 14.1 Å². The van der Waals surface area contributed by atoms with Crippen molar-refractivity contribution >= 4 is 76.5 Å². The van der Waals surface area contributed by atoms with Crippen molar-refractivity contribution in [2.75, 3.05) is 4.90 Å². The summed E-state index contributed by atoms with van der Waals surface area (Å²) < 4.78 is 101. The number of hydrogen-bond acceptors (Lipinski definition) is 3.